The molecule has 1 nitrogen and oxygen atoms in total. The van der Waals surface area contributed by atoms with E-state index >= 15 is 4.39 Å². The average Bonchev–Trinajstić information content (AvgIpc) is 2.58. The van der Waals surface area contributed by atoms with Gasteiger partial charge in [-0.1, -0.05) is 34.1 Å². The molecule has 0 spiro atoms. The molecule has 0 amide bonds. The fourth-order valence-electron chi connectivity index (χ4n) is 2.67. The van der Waals surface area contributed by atoms with Gasteiger partial charge in [0.2, 0.25) is 0 Å². The van der Waals surface area contributed by atoms with E-state index < -0.39 is 5.67 Å². The lowest BCUT2D eigenvalue weighted by Gasteiger charge is -2.17. The van der Waals surface area contributed by atoms with Crippen molar-refractivity contribution < 1.29 is 9.18 Å². The van der Waals surface area contributed by atoms with E-state index in [9.17, 15) is 4.79 Å². The molecule has 2 aromatic carbocycles. The second-order valence-electron chi connectivity index (χ2n) is 5.01. The van der Waals surface area contributed by atoms with Gasteiger partial charge in [-0.25, -0.2) is 4.39 Å². The van der Waals surface area contributed by atoms with Gasteiger partial charge >= 0.3 is 0 Å². The maximum atomic E-state index is 15.1. The van der Waals surface area contributed by atoms with Gasteiger partial charge in [-0.05, 0) is 43.2 Å². The summed E-state index contributed by atoms with van der Waals surface area (Å²) in [6.07, 6.45) is 0. The minimum Gasteiger partial charge on any atom is -0.295 e. The van der Waals surface area contributed by atoms with Gasteiger partial charge in [0.25, 0.3) is 0 Å². The SMILES string of the molecule is CC(=O)c1ccc2c(c1)C(C)(F)c1cc(Br)ccc1-2. The number of Topliss-reactive ketones (excluding diaryl/α,β-unsaturated/α-hetero) is 1. The molecule has 1 atom stereocenters. The first-order chi connectivity index (χ1) is 8.91. The second kappa shape index (κ2) is 4.01. The molecule has 1 unspecified atom stereocenters. The van der Waals surface area contributed by atoms with E-state index in [4.69, 9.17) is 0 Å². The van der Waals surface area contributed by atoms with Crippen LogP contribution in [-0.4, -0.2) is 5.78 Å². The van der Waals surface area contributed by atoms with Crippen molar-refractivity contribution in [1.29, 1.82) is 0 Å². The van der Waals surface area contributed by atoms with E-state index in [1.807, 2.05) is 24.3 Å². The Labute approximate surface area is 119 Å². The van der Waals surface area contributed by atoms with Crippen LogP contribution in [0.25, 0.3) is 11.1 Å². The molecule has 0 bridgehead atoms. The number of fused-ring (bicyclic) bond motifs is 3. The molecule has 0 saturated carbocycles. The lowest BCUT2D eigenvalue weighted by atomic mass is 9.94. The van der Waals surface area contributed by atoms with Crippen LogP contribution in [0.2, 0.25) is 0 Å². The van der Waals surface area contributed by atoms with E-state index in [1.54, 1.807) is 19.1 Å². The summed E-state index contributed by atoms with van der Waals surface area (Å²) in [5.41, 5.74) is 2.00. The molecule has 0 saturated heterocycles. The highest BCUT2D eigenvalue weighted by Crippen LogP contribution is 2.50. The Kier molecular flexibility index (Phi) is 2.65. The summed E-state index contributed by atoms with van der Waals surface area (Å²) >= 11 is 3.38. The number of benzene rings is 2. The topological polar surface area (TPSA) is 17.1 Å². The summed E-state index contributed by atoms with van der Waals surface area (Å²) in [6, 6.07) is 10.9. The predicted octanol–water partition coefficient (Wildman–Crippen LogP) is 4.87. The van der Waals surface area contributed by atoms with Gasteiger partial charge in [-0.2, -0.15) is 0 Å². The molecule has 1 aliphatic carbocycles. The Morgan fingerprint density at radius 2 is 1.68 bits per heavy atom. The maximum absolute atomic E-state index is 15.1. The van der Waals surface area contributed by atoms with Crippen LogP contribution in [0.3, 0.4) is 0 Å². The zero-order valence-corrected chi connectivity index (χ0v) is 12.2. The van der Waals surface area contributed by atoms with E-state index in [1.165, 1.54) is 6.92 Å². The molecule has 0 heterocycles. The summed E-state index contributed by atoms with van der Waals surface area (Å²) < 4.78 is 15.9. The van der Waals surface area contributed by atoms with E-state index in [-0.39, 0.29) is 5.78 Å². The van der Waals surface area contributed by atoms with Crippen LogP contribution in [0.5, 0.6) is 0 Å². The van der Waals surface area contributed by atoms with Crippen molar-refractivity contribution >= 4 is 21.7 Å². The van der Waals surface area contributed by atoms with Gasteiger partial charge in [-0.3, -0.25) is 4.79 Å². The molecule has 3 heteroatoms. The largest absolute Gasteiger partial charge is 0.295 e. The van der Waals surface area contributed by atoms with E-state index in [0.717, 1.165) is 15.6 Å². The van der Waals surface area contributed by atoms with Crippen molar-refractivity contribution in [2.75, 3.05) is 0 Å². The van der Waals surface area contributed by atoms with Crippen LogP contribution >= 0.6 is 15.9 Å². The van der Waals surface area contributed by atoms with Crippen LogP contribution < -0.4 is 0 Å². The molecule has 2 aromatic rings. The zero-order valence-electron chi connectivity index (χ0n) is 10.6. The van der Waals surface area contributed by atoms with Gasteiger partial charge in [0.05, 0.1) is 0 Å². The molecule has 96 valence electrons. The number of carbonyl (C=O) groups excluding carboxylic acids is 1. The number of alkyl halides is 1. The number of hydrogen-bond donors (Lipinski definition) is 0. The standard InChI is InChI=1S/C16H12BrFO/c1-9(19)10-3-5-12-13-6-4-11(17)8-15(13)16(2,18)14(12)7-10/h3-8H,1-2H3. The third-order valence-electron chi connectivity index (χ3n) is 3.71. The molecule has 3 rings (SSSR count). The van der Waals surface area contributed by atoms with Gasteiger partial charge in [0, 0.05) is 21.2 Å². The lowest BCUT2D eigenvalue weighted by Crippen LogP contribution is -2.13. The van der Waals surface area contributed by atoms with Gasteiger partial charge in [-0.15, -0.1) is 0 Å². The molecular weight excluding hydrogens is 307 g/mol. The smallest absolute Gasteiger partial charge is 0.159 e. The Balaban J connectivity index is 2.30. The average molecular weight is 319 g/mol. The van der Waals surface area contributed by atoms with Gasteiger partial charge in [0.1, 0.15) is 0 Å². The highest BCUT2D eigenvalue weighted by atomic mass is 79.9. The minimum atomic E-state index is -1.56. The van der Waals surface area contributed by atoms with Crippen LogP contribution in [0, 0.1) is 0 Å². The number of rotatable bonds is 1. The highest BCUT2D eigenvalue weighted by Gasteiger charge is 2.39. The minimum absolute atomic E-state index is 0.0456. The van der Waals surface area contributed by atoms with Crippen LogP contribution in [0.1, 0.15) is 35.3 Å². The number of ketones is 1. The predicted molar refractivity (Wildman–Crippen MR) is 77.1 cm³/mol. The lowest BCUT2D eigenvalue weighted by molar-refractivity contribution is 0.101. The Bertz CT molecular complexity index is 704. The van der Waals surface area contributed by atoms with Gasteiger partial charge in [0.15, 0.2) is 11.5 Å². The summed E-state index contributed by atoms with van der Waals surface area (Å²) in [6.45, 7) is 3.05. The fraction of sp³-hybridized carbons (Fsp3) is 0.188. The molecule has 19 heavy (non-hydrogen) atoms. The zero-order chi connectivity index (χ0) is 13.8. The van der Waals surface area contributed by atoms with Crippen LogP contribution in [0.4, 0.5) is 4.39 Å². The normalized spacial score (nSPS) is 20.0. The van der Waals surface area contributed by atoms with Gasteiger partial charge < -0.3 is 0 Å². The first kappa shape index (κ1) is 12.5. The number of halogens is 2. The summed E-state index contributed by atoms with van der Waals surface area (Å²) in [5, 5.41) is 0. The summed E-state index contributed by atoms with van der Waals surface area (Å²) in [5.74, 6) is -0.0456. The van der Waals surface area contributed by atoms with Crippen molar-refractivity contribution in [3.8, 4) is 11.1 Å². The Hall–Kier alpha value is -1.48. The van der Waals surface area contributed by atoms with Crippen molar-refractivity contribution in [1.82, 2.24) is 0 Å². The van der Waals surface area contributed by atoms with Crippen molar-refractivity contribution in [3.05, 3.63) is 57.6 Å². The molecular formula is C16H12BrFO. The quantitative estimate of drug-likeness (QED) is 0.686. The molecule has 0 fully saturated rings. The van der Waals surface area contributed by atoms with E-state index in [2.05, 4.69) is 15.9 Å². The van der Waals surface area contributed by atoms with Crippen molar-refractivity contribution in [2.45, 2.75) is 19.5 Å². The molecule has 0 aromatic heterocycles. The Morgan fingerprint density at radius 1 is 1.11 bits per heavy atom. The molecule has 1 aliphatic rings. The summed E-state index contributed by atoms with van der Waals surface area (Å²) in [7, 11) is 0. The number of carbonyl (C=O) groups is 1. The molecule has 0 N–H and O–H groups in total. The maximum Gasteiger partial charge on any atom is 0.159 e. The van der Waals surface area contributed by atoms with Crippen LogP contribution in [0.15, 0.2) is 40.9 Å². The third kappa shape index (κ3) is 1.76. The van der Waals surface area contributed by atoms with Crippen LogP contribution in [-0.2, 0) is 5.67 Å². The monoisotopic (exact) mass is 318 g/mol. The summed E-state index contributed by atoms with van der Waals surface area (Å²) in [4.78, 5) is 11.5. The molecule has 0 radical (unpaired) electrons. The first-order valence-corrected chi connectivity index (χ1v) is 6.85. The second-order valence-corrected chi connectivity index (χ2v) is 5.93. The fourth-order valence-corrected chi connectivity index (χ4v) is 3.03. The Morgan fingerprint density at radius 3 is 2.32 bits per heavy atom. The number of hydrogen-bond acceptors (Lipinski definition) is 1. The third-order valence-corrected chi connectivity index (χ3v) is 4.20. The van der Waals surface area contributed by atoms with E-state index in [0.29, 0.717) is 16.7 Å². The van der Waals surface area contributed by atoms with Crippen molar-refractivity contribution in [3.63, 3.8) is 0 Å². The highest BCUT2D eigenvalue weighted by molar-refractivity contribution is 9.10. The first-order valence-electron chi connectivity index (χ1n) is 6.06. The van der Waals surface area contributed by atoms with Crippen molar-refractivity contribution in [2.24, 2.45) is 0 Å². The molecule has 0 aliphatic heterocycles.